The van der Waals surface area contributed by atoms with E-state index in [1.807, 2.05) is 32.0 Å². The molecule has 4 rings (SSSR count). The van der Waals surface area contributed by atoms with Gasteiger partial charge >= 0.3 is 5.97 Å². The fraction of sp³-hybridized carbons (Fsp3) is 0.333. The van der Waals surface area contributed by atoms with Crippen molar-refractivity contribution in [3.63, 3.8) is 0 Å². The van der Waals surface area contributed by atoms with Gasteiger partial charge in [0.1, 0.15) is 6.54 Å². The average molecular weight is 435 g/mol. The summed E-state index contributed by atoms with van der Waals surface area (Å²) in [6, 6.07) is 12.7. The van der Waals surface area contributed by atoms with Crippen molar-refractivity contribution in [1.29, 1.82) is 0 Å². The number of nitrogens with zero attached hydrogens (tertiary/aromatic N) is 2. The fourth-order valence-corrected chi connectivity index (χ4v) is 4.10. The largest absolute Gasteiger partial charge is 0.452 e. The minimum atomic E-state index is -1.09. The van der Waals surface area contributed by atoms with E-state index in [9.17, 15) is 19.2 Å². The molecule has 1 fully saturated rings. The van der Waals surface area contributed by atoms with E-state index < -0.39 is 23.9 Å². The molecule has 166 valence electrons. The van der Waals surface area contributed by atoms with E-state index in [1.165, 1.54) is 11.8 Å². The monoisotopic (exact) mass is 435 g/mol. The van der Waals surface area contributed by atoms with Crippen LogP contribution in [-0.4, -0.2) is 42.9 Å². The molecule has 0 unspecified atom stereocenters. The van der Waals surface area contributed by atoms with Gasteiger partial charge in [0.25, 0.3) is 5.91 Å². The van der Waals surface area contributed by atoms with Crippen LogP contribution in [-0.2, 0) is 23.9 Å². The number of carbonyl (C=O) groups excluding carboxylic acids is 4. The van der Waals surface area contributed by atoms with Crippen molar-refractivity contribution in [1.82, 2.24) is 0 Å². The Morgan fingerprint density at radius 3 is 2.56 bits per heavy atom. The molecule has 2 atom stereocenters. The van der Waals surface area contributed by atoms with Gasteiger partial charge in [-0.1, -0.05) is 24.3 Å². The molecule has 2 heterocycles. The molecule has 8 heteroatoms. The number of nitrogens with one attached hydrogen (secondary N) is 1. The lowest BCUT2D eigenvalue weighted by molar-refractivity contribution is -0.157. The molecule has 0 spiro atoms. The number of ether oxygens (including phenoxy) is 1. The Hall–Kier alpha value is -3.68. The summed E-state index contributed by atoms with van der Waals surface area (Å²) in [4.78, 5) is 53.3. The van der Waals surface area contributed by atoms with E-state index in [0.29, 0.717) is 11.4 Å². The highest BCUT2D eigenvalue weighted by Crippen LogP contribution is 2.31. The Balaban J connectivity index is 1.44. The van der Waals surface area contributed by atoms with Crippen molar-refractivity contribution in [3.8, 4) is 0 Å². The summed E-state index contributed by atoms with van der Waals surface area (Å²) in [5.41, 5.74) is 3.91. The third-order valence-electron chi connectivity index (χ3n) is 6.00. The van der Waals surface area contributed by atoms with Crippen molar-refractivity contribution >= 4 is 40.8 Å². The third kappa shape index (κ3) is 3.95. The van der Waals surface area contributed by atoms with Crippen molar-refractivity contribution in [2.45, 2.75) is 33.3 Å². The number of anilines is 3. The fourth-order valence-electron chi connectivity index (χ4n) is 4.10. The zero-order valence-electron chi connectivity index (χ0n) is 18.3. The molecule has 1 N–H and O–H groups in total. The van der Waals surface area contributed by atoms with Gasteiger partial charge in [-0.25, -0.2) is 0 Å². The summed E-state index contributed by atoms with van der Waals surface area (Å²) < 4.78 is 5.45. The van der Waals surface area contributed by atoms with E-state index in [2.05, 4.69) is 5.32 Å². The van der Waals surface area contributed by atoms with Gasteiger partial charge in [0, 0.05) is 18.7 Å². The second-order valence-electron chi connectivity index (χ2n) is 8.19. The number of fused-ring (bicyclic) bond motifs is 1. The summed E-state index contributed by atoms with van der Waals surface area (Å²) in [6.07, 6.45) is -1.06. The highest BCUT2D eigenvalue weighted by Gasteiger charge is 2.39. The normalized spacial score (nSPS) is 18.8. The van der Waals surface area contributed by atoms with E-state index in [0.717, 1.165) is 16.8 Å². The second-order valence-corrected chi connectivity index (χ2v) is 8.19. The Morgan fingerprint density at radius 2 is 1.78 bits per heavy atom. The summed E-state index contributed by atoms with van der Waals surface area (Å²) >= 11 is 0. The molecular formula is C24H25N3O5. The maximum atomic E-state index is 13.0. The molecule has 2 aliphatic heterocycles. The number of hydrogen-bond acceptors (Lipinski definition) is 5. The standard InChI is InChI=1S/C24H25N3O5/c1-14-7-6-10-19(15(14)2)26-12-17(11-22(26)29)24(31)32-16(3)23(30)27-13-21(28)25-18-8-4-5-9-20(18)27/h4-10,16-17H,11-13H2,1-3H3,(H,25,28)/t16-,17+/m0/s1. The summed E-state index contributed by atoms with van der Waals surface area (Å²) in [6.45, 7) is 5.45. The topological polar surface area (TPSA) is 96.0 Å². The lowest BCUT2D eigenvalue weighted by Crippen LogP contribution is -2.47. The number of amides is 3. The number of hydrogen-bond donors (Lipinski definition) is 1. The number of para-hydroxylation sites is 2. The first-order chi connectivity index (χ1) is 15.3. The number of aryl methyl sites for hydroxylation is 1. The minimum absolute atomic E-state index is 0.0298. The van der Waals surface area contributed by atoms with Crippen LogP contribution in [0.3, 0.4) is 0 Å². The molecule has 0 aromatic heterocycles. The first-order valence-corrected chi connectivity index (χ1v) is 10.5. The minimum Gasteiger partial charge on any atom is -0.452 e. The predicted molar refractivity (Wildman–Crippen MR) is 119 cm³/mol. The molecule has 3 amide bonds. The van der Waals surface area contributed by atoms with Crippen LogP contribution in [0, 0.1) is 19.8 Å². The van der Waals surface area contributed by atoms with E-state index >= 15 is 0 Å². The molecule has 32 heavy (non-hydrogen) atoms. The Kier molecular flexibility index (Phi) is 5.69. The number of carbonyl (C=O) groups is 4. The van der Waals surface area contributed by atoms with Crippen molar-refractivity contribution in [3.05, 3.63) is 53.6 Å². The van der Waals surface area contributed by atoms with Crippen LogP contribution in [0.1, 0.15) is 24.5 Å². The summed E-state index contributed by atoms with van der Waals surface area (Å²) in [7, 11) is 0. The van der Waals surface area contributed by atoms with E-state index in [1.54, 1.807) is 29.2 Å². The molecule has 2 aromatic rings. The van der Waals surface area contributed by atoms with Crippen LogP contribution in [0.2, 0.25) is 0 Å². The number of esters is 1. The van der Waals surface area contributed by atoms with Gasteiger partial charge in [-0.15, -0.1) is 0 Å². The van der Waals surface area contributed by atoms with Gasteiger partial charge in [-0.2, -0.15) is 0 Å². The highest BCUT2D eigenvalue weighted by molar-refractivity contribution is 6.11. The highest BCUT2D eigenvalue weighted by atomic mass is 16.5. The van der Waals surface area contributed by atoms with Crippen LogP contribution in [0.15, 0.2) is 42.5 Å². The number of rotatable bonds is 4. The van der Waals surface area contributed by atoms with E-state index in [-0.39, 0.29) is 31.3 Å². The molecule has 8 nitrogen and oxygen atoms in total. The molecule has 0 aliphatic carbocycles. The van der Waals surface area contributed by atoms with Crippen LogP contribution in [0.4, 0.5) is 17.1 Å². The van der Waals surface area contributed by atoms with Crippen molar-refractivity contribution in [2.24, 2.45) is 5.92 Å². The van der Waals surface area contributed by atoms with Crippen LogP contribution < -0.4 is 15.1 Å². The summed E-state index contributed by atoms with van der Waals surface area (Å²) in [5, 5.41) is 2.72. The van der Waals surface area contributed by atoms with Crippen molar-refractivity contribution < 1.29 is 23.9 Å². The quantitative estimate of drug-likeness (QED) is 0.745. The van der Waals surface area contributed by atoms with Gasteiger partial charge in [0.15, 0.2) is 6.10 Å². The smallest absolute Gasteiger partial charge is 0.312 e. The first-order valence-electron chi connectivity index (χ1n) is 10.5. The first kappa shape index (κ1) is 21.5. The maximum Gasteiger partial charge on any atom is 0.312 e. The molecule has 2 aliphatic rings. The zero-order chi connectivity index (χ0) is 23.0. The van der Waals surface area contributed by atoms with Crippen LogP contribution >= 0.6 is 0 Å². The Morgan fingerprint density at radius 1 is 1.06 bits per heavy atom. The van der Waals surface area contributed by atoms with Crippen LogP contribution in [0.25, 0.3) is 0 Å². The van der Waals surface area contributed by atoms with Crippen molar-refractivity contribution in [2.75, 3.05) is 28.2 Å². The van der Waals surface area contributed by atoms with Gasteiger partial charge < -0.3 is 15.0 Å². The Bertz CT molecular complexity index is 1110. The zero-order valence-corrected chi connectivity index (χ0v) is 18.3. The molecule has 1 saturated heterocycles. The lowest BCUT2D eigenvalue weighted by Gasteiger charge is -2.31. The van der Waals surface area contributed by atoms with Crippen LogP contribution in [0.5, 0.6) is 0 Å². The van der Waals surface area contributed by atoms with Gasteiger partial charge in [0.2, 0.25) is 11.8 Å². The molecule has 0 saturated carbocycles. The molecule has 2 aromatic carbocycles. The van der Waals surface area contributed by atoms with Gasteiger partial charge in [0.05, 0.1) is 17.3 Å². The summed E-state index contributed by atoms with van der Waals surface area (Å²) in [5.74, 6) is -2.21. The SMILES string of the molecule is Cc1cccc(N2C[C@H](C(=O)O[C@@H](C)C(=O)N3CC(=O)Nc4ccccc43)CC2=O)c1C. The molecular weight excluding hydrogens is 410 g/mol. The average Bonchev–Trinajstić information content (AvgIpc) is 3.16. The predicted octanol–water partition coefficient (Wildman–Crippen LogP) is 2.57. The molecule has 0 bridgehead atoms. The molecule has 0 radical (unpaired) electrons. The number of benzene rings is 2. The lowest BCUT2D eigenvalue weighted by atomic mass is 10.1. The van der Waals surface area contributed by atoms with Gasteiger partial charge in [-0.05, 0) is 50.1 Å². The second kappa shape index (κ2) is 8.45. The Labute approximate surface area is 186 Å². The maximum absolute atomic E-state index is 13.0. The van der Waals surface area contributed by atoms with E-state index in [4.69, 9.17) is 4.74 Å². The van der Waals surface area contributed by atoms with Gasteiger partial charge in [-0.3, -0.25) is 24.1 Å². The third-order valence-corrected chi connectivity index (χ3v) is 6.00.